The molecule has 0 saturated heterocycles. The van der Waals surface area contributed by atoms with Crippen LogP contribution in [0.3, 0.4) is 0 Å². The van der Waals surface area contributed by atoms with Crippen molar-refractivity contribution in [1.82, 2.24) is 14.9 Å². The molecule has 1 aliphatic carbocycles. The average Bonchev–Trinajstić information content (AvgIpc) is 3.06. The van der Waals surface area contributed by atoms with Crippen LogP contribution in [0.4, 0.5) is 5.82 Å². The van der Waals surface area contributed by atoms with Crippen molar-refractivity contribution < 1.29 is 9.32 Å². The van der Waals surface area contributed by atoms with Gasteiger partial charge in [0.2, 0.25) is 0 Å². The fourth-order valence-corrected chi connectivity index (χ4v) is 4.25. The second-order valence-electron chi connectivity index (χ2n) is 6.86. The van der Waals surface area contributed by atoms with Gasteiger partial charge in [-0.2, -0.15) is 16.9 Å². The van der Waals surface area contributed by atoms with Crippen molar-refractivity contribution >= 4 is 23.5 Å². The van der Waals surface area contributed by atoms with Gasteiger partial charge in [0.1, 0.15) is 11.6 Å². The number of hydrogen-bond donors (Lipinski definition) is 1. The number of nitrogens with zero attached hydrogens (tertiary/aromatic N) is 3. The fraction of sp³-hybridized carbons (Fsp3) is 0.316. The highest BCUT2D eigenvalue weighted by molar-refractivity contribution is 7.98. The van der Waals surface area contributed by atoms with E-state index in [4.69, 9.17) is 9.62 Å². The number of benzene rings is 1. The van der Waals surface area contributed by atoms with Crippen molar-refractivity contribution in [1.29, 1.82) is 0 Å². The number of fused-ring (bicyclic) bond motifs is 1. The van der Waals surface area contributed by atoms with Gasteiger partial charge in [0.25, 0.3) is 5.91 Å². The zero-order valence-electron chi connectivity index (χ0n) is 14.4. The number of carbonyl (C=O) groups excluding carboxylic acids is 1. The molecule has 3 heterocycles. The van der Waals surface area contributed by atoms with Crippen LogP contribution in [0.25, 0.3) is 5.69 Å². The van der Waals surface area contributed by atoms with Gasteiger partial charge in [0.15, 0.2) is 5.69 Å². The van der Waals surface area contributed by atoms with Crippen molar-refractivity contribution in [3.63, 3.8) is 0 Å². The SMILES string of the molecule is Cc1cccc(-n2nc3c(c2NC(=O)c2cc(C4CC4)on2)CSC3)c1. The predicted octanol–water partition coefficient (Wildman–Crippen LogP) is 4.05. The van der Waals surface area contributed by atoms with Gasteiger partial charge in [-0.1, -0.05) is 17.3 Å². The molecule has 1 N–H and O–H groups in total. The predicted molar refractivity (Wildman–Crippen MR) is 99.7 cm³/mol. The number of aromatic nitrogens is 3. The Hall–Kier alpha value is -2.54. The molecular formula is C19H18N4O2S. The van der Waals surface area contributed by atoms with Gasteiger partial charge in [-0.15, -0.1) is 0 Å². The minimum absolute atomic E-state index is 0.255. The van der Waals surface area contributed by atoms with E-state index in [2.05, 4.69) is 16.5 Å². The van der Waals surface area contributed by atoms with Crippen LogP contribution in [-0.2, 0) is 11.5 Å². The summed E-state index contributed by atoms with van der Waals surface area (Å²) >= 11 is 1.81. The normalized spacial score (nSPS) is 15.9. The Morgan fingerprint density at radius 3 is 3.00 bits per heavy atom. The Morgan fingerprint density at radius 1 is 1.31 bits per heavy atom. The molecule has 26 heavy (non-hydrogen) atoms. The maximum absolute atomic E-state index is 12.7. The quantitative estimate of drug-likeness (QED) is 0.754. The summed E-state index contributed by atoms with van der Waals surface area (Å²) in [4.78, 5) is 12.7. The van der Waals surface area contributed by atoms with Crippen molar-refractivity contribution in [2.45, 2.75) is 37.2 Å². The van der Waals surface area contributed by atoms with Gasteiger partial charge in [0.05, 0.1) is 11.4 Å². The summed E-state index contributed by atoms with van der Waals surface area (Å²) in [6.45, 7) is 2.05. The molecule has 1 aromatic carbocycles. The van der Waals surface area contributed by atoms with E-state index in [9.17, 15) is 4.79 Å². The molecule has 3 aromatic rings. The first-order chi connectivity index (χ1) is 12.7. The summed E-state index contributed by atoms with van der Waals surface area (Å²) in [5.41, 5.74) is 4.54. The Kier molecular flexibility index (Phi) is 3.63. The molecule has 0 unspecified atom stereocenters. The lowest BCUT2D eigenvalue weighted by Gasteiger charge is -2.10. The van der Waals surface area contributed by atoms with E-state index in [1.807, 2.05) is 41.6 Å². The highest BCUT2D eigenvalue weighted by Crippen LogP contribution is 2.40. The van der Waals surface area contributed by atoms with E-state index in [0.29, 0.717) is 11.6 Å². The topological polar surface area (TPSA) is 73.0 Å². The number of nitrogens with one attached hydrogen (secondary N) is 1. The summed E-state index contributed by atoms with van der Waals surface area (Å²) in [7, 11) is 0. The number of amides is 1. The molecule has 2 aromatic heterocycles. The minimum Gasteiger partial charge on any atom is -0.360 e. The van der Waals surface area contributed by atoms with Crippen molar-refractivity contribution in [2.75, 3.05) is 5.32 Å². The van der Waals surface area contributed by atoms with Gasteiger partial charge in [-0.3, -0.25) is 4.79 Å². The third-order valence-electron chi connectivity index (χ3n) is 4.77. The van der Waals surface area contributed by atoms with E-state index >= 15 is 0 Å². The molecule has 1 saturated carbocycles. The van der Waals surface area contributed by atoms with Crippen molar-refractivity contribution in [2.24, 2.45) is 0 Å². The molecule has 0 spiro atoms. The molecule has 0 atom stereocenters. The zero-order valence-corrected chi connectivity index (χ0v) is 15.2. The highest BCUT2D eigenvalue weighted by atomic mass is 32.2. The van der Waals surface area contributed by atoms with Gasteiger partial charge in [-0.25, -0.2) is 4.68 Å². The first kappa shape index (κ1) is 15.7. The standard InChI is InChI=1S/C19H18N4O2S/c1-11-3-2-4-13(7-11)23-18(14-9-26-10-16(14)21-23)20-19(24)15-8-17(25-22-15)12-5-6-12/h2-4,7-8,12H,5-6,9-10H2,1H3,(H,20,24). The fourth-order valence-electron chi connectivity index (χ4n) is 3.22. The van der Waals surface area contributed by atoms with Crippen molar-refractivity contribution in [3.05, 3.63) is 58.6 Å². The number of hydrogen-bond acceptors (Lipinski definition) is 5. The smallest absolute Gasteiger partial charge is 0.279 e. The summed E-state index contributed by atoms with van der Waals surface area (Å²) in [6.07, 6.45) is 2.22. The second kappa shape index (κ2) is 6.02. The third-order valence-corrected chi connectivity index (χ3v) is 5.74. The Balaban J connectivity index is 1.50. The molecule has 1 amide bonds. The molecule has 0 bridgehead atoms. The summed E-state index contributed by atoms with van der Waals surface area (Å²) in [5.74, 6) is 3.44. The number of thioether (sulfide) groups is 1. The number of aryl methyl sites for hydroxylation is 1. The zero-order chi connectivity index (χ0) is 17.7. The largest absolute Gasteiger partial charge is 0.360 e. The van der Waals surface area contributed by atoms with Gasteiger partial charge in [-0.05, 0) is 37.5 Å². The maximum atomic E-state index is 12.7. The lowest BCUT2D eigenvalue weighted by atomic mass is 10.2. The molecule has 5 rings (SSSR count). The highest BCUT2D eigenvalue weighted by Gasteiger charge is 2.30. The van der Waals surface area contributed by atoms with Gasteiger partial charge >= 0.3 is 0 Å². The first-order valence-corrected chi connectivity index (χ1v) is 9.88. The van der Waals surface area contributed by atoms with E-state index in [1.54, 1.807) is 6.07 Å². The maximum Gasteiger partial charge on any atom is 0.279 e. The number of carbonyl (C=O) groups is 1. The van der Waals surface area contributed by atoms with Crippen LogP contribution in [0.2, 0.25) is 0 Å². The lowest BCUT2D eigenvalue weighted by Crippen LogP contribution is -2.16. The van der Waals surface area contributed by atoms with Gasteiger partial charge in [0, 0.05) is 29.1 Å². The summed E-state index contributed by atoms with van der Waals surface area (Å²) in [6, 6.07) is 9.86. The average molecular weight is 366 g/mol. The van der Waals surface area contributed by atoms with Crippen LogP contribution in [-0.4, -0.2) is 20.8 Å². The Labute approximate surface area is 154 Å². The van der Waals surface area contributed by atoms with E-state index < -0.39 is 0 Å². The van der Waals surface area contributed by atoms with Crippen LogP contribution in [0.1, 0.15) is 51.8 Å². The molecule has 7 heteroatoms. The lowest BCUT2D eigenvalue weighted by molar-refractivity contribution is 0.101. The van der Waals surface area contributed by atoms with Crippen LogP contribution in [0.15, 0.2) is 34.9 Å². The Morgan fingerprint density at radius 2 is 2.19 bits per heavy atom. The van der Waals surface area contributed by atoms with E-state index in [1.165, 1.54) is 0 Å². The van der Waals surface area contributed by atoms with Crippen LogP contribution < -0.4 is 5.32 Å². The van der Waals surface area contributed by atoms with Gasteiger partial charge < -0.3 is 9.84 Å². The molecule has 6 nitrogen and oxygen atoms in total. The monoisotopic (exact) mass is 366 g/mol. The molecule has 1 aliphatic heterocycles. The molecule has 132 valence electrons. The number of anilines is 1. The van der Waals surface area contributed by atoms with E-state index in [0.717, 1.165) is 58.4 Å². The third kappa shape index (κ3) is 2.72. The van der Waals surface area contributed by atoms with E-state index in [-0.39, 0.29) is 5.91 Å². The molecule has 1 fully saturated rings. The number of rotatable bonds is 4. The second-order valence-corrected chi connectivity index (χ2v) is 7.85. The molecule has 2 aliphatic rings. The molecule has 0 radical (unpaired) electrons. The minimum atomic E-state index is -0.255. The van der Waals surface area contributed by atoms with Crippen LogP contribution in [0, 0.1) is 6.92 Å². The Bertz CT molecular complexity index is 1000. The summed E-state index contributed by atoms with van der Waals surface area (Å²) in [5, 5.41) is 11.7. The van der Waals surface area contributed by atoms with Crippen molar-refractivity contribution in [3.8, 4) is 5.69 Å². The van der Waals surface area contributed by atoms with Crippen LogP contribution in [0.5, 0.6) is 0 Å². The molecular weight excluding hydrogens is 348 g/mol. The van der Waals surface area contributed by atoms with Crippen LogP contribution >= 0.6 is 11.8 Å². The first-order valence-electron chi connectivity index (χ1n) is 8.72. The summed E-state index contributed by atoms with van der Waals surface area (Å²) < 4.78 is 7.15.